The number of halogens is 1. The lowest BCUT2D eigenvalue weighted by molar-refractivity contribution is 0.627. The number of aryl methyl sites for hydroxylation is 2. The third-order valence-corrected chi connectivity index (χ3v) is 2.57. The highest BCUT2D eigenvalue weighted by atomic mass is 19.1. The fourth-order valence-corrected chi connectivity index (χ4v) is 1.99. The first-order valence-corrected chi connectivity index (χ1v) is 5.24. The van der Waals surface area contributed by atoms with Crippen LogP contribution in [-0.4, -0.2) is 4.57 Å². The normalized spacial score (nSPS) is 10.5. The third kappa shape index (κ3) is 2.20. The molecule has 0 amide bonds. The van der Waals surface area contributed by atoms with Gasteiger partial charge in [-0.3, -0.25) is 4.79 Å². The van der Waals surface area contributed by atoms with E-state index in [2.05, 4.69) is 0 Å². The smallest absolute Gasteiger partial charge is 0.182 e. The van der Waals surface area contributed by atoms with Crippen molar-refractivity contribution in [2.75, 3.05) is 5.73 Å². The number of hydrogen-bond donors (Lipinski definition) is 1. The molecular weight excluding hydrogens is 219 g/mol. The van der Waals surface area contributed by atoms with Crippen LogP contribution in [0.1, 0.15) is 11.4 Å². The summed E-state index contributed by atoms with van der Waals surface area (Å²) in [5.41, 5.74) is 8.04. The molecule has 0 spiro atoms. The van der Waals surface area contributed by atoms with Gasteiger partial charge in [-0.25, -0.2) is 4.39 Å². The first-order chi connectivity index (χ1) is 7.97. The van der Waals surface area contributed by atoms with Crippen LogP contribution in [0.25, 0.3) is 5.69 Å². The van der Waals surface area contributed by atoms with Crippen LogP contribution >= 0.6 is 0 Å². The molecule has 0 fully saturated rings. The molecule has 3 nitrogen and oxygen atoms in total. The summed E-state index contributed by atoms with van der Waals surface area (Å²) in [4.78, 5) is 11.3. The predicted molar refractivity (Wildman–Crippen MR) is 65.9 cm³/mol. The van der Waals surface area contributed by atoms with Crippen molar-refractivity contribution in [2.45, 2.75) is 13.8 Å². The number of nitrogens with two attached hydrogens (primary N) is 1. The Morgan fingerprint density at radius 2 is 1.65 bits per heavy atom. The van der Waals surface area contributed by atoms with E-state index in [4.69, 9.17) is 5.73 Å². The number of rotatable bonds is 1. The number of anilines is 1. The van der Waals surface area contributed by atoms with Crippen molar-refractivity contribution in [3.05, 3.63) is 57.8 Å². The van der Waals surface area contributed by atoms with Crippen LogP contribution in [-0.2, 0) is 0 Å². The molecule has 0 bridgehead atoms. The molecule has 0 atom stereocenters. The molecule has 1 aromatic heterocycles. The van der Waals surface area contributed by atoms with Gasteiger partial charge in [0.2, 0.25) is 0 Å². The second-order valence-electron chi connectivity index (χ2n) is 4.05. The molecule has 2 N–H and O–H groups in total. The summed E-state index contributed by atoms with van der Waals surface area (Å²) in [5.74, 6) is -0.391. The minimum atomic E-state index is -0.391. The molecule has 0 radical (unpaired) electrons. The molecule has 1 aromatic carbocycles. The van der Waals surface area contributed by atoms with Gasteiger partial charge in [-0.1, -0.05) is 0 Å². The highest BCUT2D eigenvalue weighted by Gasteiger charge is 2.06. The Kier molecular flexibility index (Phi) is 2.71. The van der Waals surface area contributed by atoms with Gasteiger partial charge in [-0.2, -0.15) is 0 Å². The summed E-state index contributed by atoms with van der Waals surface area (Å²) >= 11 is 0. The van der Waals surface area contributed by atoms with Gasteiger partial charge in [0.1, 0.15) is 5.82 Å². The van der Waals surface area contributed by atoms with Crippen LogP contribution in [0.2, 0.25) is 0 Å². The number of benzene rings is 1. The average Bonchev–Trinajstić information content (AvgIpc) is 2.13. The average molecular weight is 232 g/mol. The minimum Gasteiger partial charge on any atom is -0.399 e. The quantitative estimate of drug-likeness (QED) is 0.766. The Hall–Kier alpha value is -2.10. The third-order valence-electron chi connectivity index (χ3n) is 2.57. The van der Waals surface area contributed by atoms with E-state index >= 15 is 0 Å². The summed E-state index contributed by atoms with van der Waals surface area (Å²) < 4.78 is 15.1. The fourth-order valence-electron chi connectivity index (χ4n) is 1.99. The number of nitrogen functional groups attached to an aromatic ring is 1. The maximum atomic E-state index is 13.3. The zero-order chi connectivity index (χ0) is 12.6. The summed E-state index contributed by atoms with van der Waals surface area (Å²) in [6, 6.07) is 7.34. The Bertz CT molecular complexity index is 585. The van der Waals surface area contributed by atoms with Crippen molar-refractivity contribution < 1.29 is 4.39 Å². The van der Waals surface area contributed by atoms with Crippen LogP contribution in [0.3, 0.4) is 0 Å². The van der Waals surface area contributed by atoms with E-state index in [-0.39, 0.29) is 5.43 Å². The molecular formula is C13H13FN2O. The number of aromatic nitrogens is 1. The SMILES string of the molecule is Cc1cc(=O)cc(C)n1-c1cc(N)cc(F)c1. The van der Waals surface area contributed by atoms with E-state index in [9.17, 15) is 9.18 Å². The fraction of sp³-hybridized carbons (Fsp3) is 0.154. The van der Waals surface area contributed by atoms with Crippen LogP contribution in [0.15, 0.2) is 35.1 Å². The number of nitrogens with zero attached hydrogens (tertiary/aromatic N) is 1. The Morgan fingerprint density at radius 3 is 2.18 bits per heavy atom. The van der Waals surface area contributed by atoms with E-state index in [1.807, 2.05) is 0 Å². The zero-order valence-electron chi connectivity index (χ0n) is 9.70. The predicted octanol–water partition coefficient (Wildman–Crippen LogP) is 2.18. The van der Waals surface area contributed by atoms with Gasteiger partial charge in [-0.15, -0.1) is 0 Å². The standard InChI is InChI=1S/C13H13FN2O/c1-8-3-13(17)4-9(2)16(8)12-6-10(14)5-11(15)7-12/h3-7H,15H2,1-2H3. The summed E-state index contributed by atoms with van der Waals surface area (Å²) in [6.45, 7) is 3.60. The second-order valence-corrected chi connectivity index (χ2v) is 4.05. The van der Waals surface area contributed by atoms with Gasteiger partial charge >= 0.3 is 0 Å². The molecule has 2 aromatic rings. The van der Waals surface area contributed by atoms with Crippen molar-refractivity contribution in [1.82, 2.24) is 4.57 Å². The second kappa shape index (κ2) is 4.05. The van der Waals surface area contributed by atoms with Crippen LogP contribution in [0.4, 0.5) is 10.1 Å². The van der Waals surface area contributed by atoms with Gasteiger partial charge in [0.15, 0.2) is 5.43 Å². The highest BCUT2D eigenvalue weighted by Crippen LogP contribution is 2.18. The molecule has 0 aliphatic rings. The van der Waals surface area contributed by atoms with E-state index in [0.717, 1.165) is 11.4 Å². The van der Waals surface area contributed by atoms with E-state index in [1.54, 1.807) is 24.5 Å². The number of hydrogen-bond acceptors (Lipinski definition) is 2. The zero-order valence-corrected chi connectivity index (χ0v) is 9.70. The minimum absolute atomic E-state index is 0.0550. The lowest BCUT2D eigenvalue weighted by Gasteiger charge is -2.14. The van der Waals surface area contributed by atoms with E-state index in [1.165, 1.54) is 24.3 Å². The van der Waals surface area contributed by atoms with Crippen LogP contribution in [0.5, 0.6) is 0 Å². The van der Waals surface area contributed by atoms with Crippen LogP contribution in [0, 0.1) is 19.7 Å². The van der Waals surface area contributed by atoms with Gasteiger partial charge in [-0.05, 0) is 32.0 Å². The lowest BCUT2D eigenvalue weighted by atomic mass is 10.2. The van der Waals surface area contributed by atoms with E-state index < -0.39 is 5.82 Å². The van der Waals surface area contributed by atoms with Crippen molar-refractivity contribution in [2.24, 2.45) is 0 Å². The molecule has 0 aliphatic carbocycles. The first-order valence-electron chi connectivity index (χ1n) is 5.24. The largest absolute Gasteiger partial charge is 0.399 e. The summed E-state index contributed by atoms with van der Waals surface area (Å²) in [6.07, 6.45) is 0. The molecule has 88 valence electrons. The van der Waals surface area contributed by atoms with Crippen LogP contribution < -0.4 is 11.2 Å². The maximum absolute atomic E-state index is 13.3. The molecule has 17 heavy (non-hydrogen) atoms. The van der Waals surface area contributed by atoms with Gasteiger partial charge in [0.05, 0.1) is 5.69 Å². The topological polar surface area (TPSA) is 48.0 Å². The number of pyridine rings is 1. The Labute approximate surface area is 98.3 Å². The van der Waals surface area contributed by atoms with Gasteiger partial charge < -0.3 is 10.3 Å². The van der Waals surface area contributed by atoms with E-state index in [0.29, 0.717) is 11.4 Å². The van der Waals surface area contributed by atoms with Gasteiger partial charge in [0, 0.05) is 29.2 Å². The van der Waals surface area contributed by atoms with Crippen molar-refractivity contribution in [3.63, 3.8) is 0 Å². The van der Waals surface area contributed by atoms with Crippen molar-refractivity contribution in [1.29, 1.82) is 0 Å². The Balaban J connectivity index is 2.72. The summed E-state index contributed by atoms with van der Waals surface area (Å²) in [7, 11) is 0. The van der Waals surface area contributed by atoms with Crippen molar-refractivity contribution >= 4 is 5.69 Å². The molecule has 0 unspecified atom stereocenters. The molecule has 0 saturated carbocycles. The monoisotopic (exact) mass is 232 g/mol. The molecule has 0 saturated heterocycles. The molecule has 2 rings (SSSR count). The first kappa shape index (κ1) is 11.4. The Morgan fingerprint density at radius 1 is 1.06 bits per heavy atom. The van der Waals surface area contributed by atoms with Crippen molar-refractivity contribution in [3.8, 4) is 5.69 Å². The molecule has 1 heterocycles. The summed E-state index contributed by atoms with van der Waals surface area (Å²) in [5, 5.41) is 0. The maximum Gasteiger partial charge on any atom is 0.182 e. The lowest BCUT2D eigenvalue weighted by Crippen LogP contribution is -2.11. The molecule has 4 heteroatoms. The van der Waals surface area contributed by atoms with Gasteiger partial charge in [0.25, 0.3) is 0 Å². The molecule has 0 aliphatic heterocycles. The highest BCUT2D eigenvalue weighted by molar-refractivity contribution is 5.49.